The zero-order valence-corrected chi connectivity index (χ0v) is 46.4. The van der Waals surface area contributed by atoms with Gasteiger partial charge in [0.15, 0.2) is 0 Å². The molecule has 0 radical (unpaired) electrons. The summed E-state index contributed by atoms with van der Waals surface area (Å²) in [6, 6.07) is 65.0. The van der Waals surface area contributed by atoms with E-state index in [4.69, 9.17) is 9.15 Å². The molecule has 77 heavy (non-hydrogen) atoms. The van der Waals surface area contributed by atoms with Crippen LogP contribution >= 0.6 is 0 Å². The van der Waals surface area contributed by atoms with Crippen molar-refractivity contribution in [2.24, 2.45) is 0 Å². The molecule has 0 spiro atoms. The van der Waals surface area contributed by atoms with E-state index in [1.165, 1.54) is 33.2 Å². The third kappa shape index (κ3) is 7.72. The van der Waals surface area contributed by atoms with Crippen molar-refractivity contribution in [1.82, 2.24) is 4.57 Å². The van der Waals surface area contributed by atoms with Gasteiger partial charge in [-0.2, -0.15) is 5.26 Å². The summed E-state index contributed by atoms with van der Waals surface area (Å²) >= 11 is 0. The number of fused-ring (bicyclic) bond motifs is 10. The number of nitrogens with zero attached hydrogens (tertiary/aromatic N) is 3. The molecular weight excluding hydrogens is 938 g/mol. The molecule has 0 aliphatic carbocycles. The van der Waals surface area contributed by atoms with Crippen molar-refractivity contribution in [1.29, 1.82) is 5.26 Å². The van der Waals surface area contributed by atoms with Gasteiger partial charge < -0.3 is 18.6 Å². The predicted octanol–water partition coefficient (Wildman–Crippen LogP) is 17.5. The summed E-state index contributed by atoms with van der Waals surface area (Å²) in [6.07, 6.45) is 0. The fourth-order valence-corrected chi connectivity index (χ4v) is 12.2. The number of nitriles is 1. The highest BCUT2D eigenvalue weighted by Crippen LogP contribution is 2.52. The zero-order chi connectivity index (χ0) is 53.7. The first-order chi connectivity index (χ1) is 36.7. The zero-order valence-electron chi connectivity index (χ0n) is 46.4. The lowest BCUT2D eigenvalue weighted by Crippen LogP contribution is -2.60. The second kappa shape index (κ2) is 16.9. The van der Waals surface area contributed by atoms with Crippen molar-refractivity contribution in [2.45, 2.75) is 105 Å². The summed E-state index contributed by atoms with van der Waals surface area (Å²) in [5.74, 6) is 1.75. The SMILES string of the molecule is CC(C)(C)c1cc(-c2cc3c4c(c2)N(c2c(-c5cccc6oc7ccccc7c56)cccc2-n2c5ccccc5c5cc(C#N)ccc52)c2ccc(C(C)(C)C)cc2B4c2cc(C(C)(C)C)ccc2O3)cc(C(C)(C)C)c1. The maximum absolute atomic E-state index is 10.3. The molecule has 0 saturated heterocycles. The Hall–Kier alpha value is -8.27. The predicted molar refractivity (Wildman–Crippen MR) is 324 cm³/mol. The summed E-state index contributed by atoms with van der Waals surface area (Å²) < 4.78 is 16.5. The van der Waals surface area contributed by atoms with E-state index >= 15 is 0 Å². The average Bonchev–Trinajstić information content (AvgIpc) is 4.04. The lowest BCUT2D eigenvalue weighted by molar-refractivity contribution is 0.486. The van der Waals surface area contributed by atoms with Crippen molar-refractivity contribution < 1.29 is 9.15 Å². The number of rotatable bonds is 4. The number of hydrogen-bond donors (Lipinski definition) is 0. The van der Waals surface area contributed by atoms with Crippen molar-refractivity contribution >= 4 is 83.9 Å². The number of furan rings is 1. The van der Waals surface area contributed by atoms with Gasteiger partial charge in [-0.15, -0.1) is 0 Å². The second-order valence-electron chi connectivity index (χ2n) is 25.7. The first-order valence-electron chi connectivity index (χ1n) is 27.2. The molecule has 9 aromatic carbocycles. The Kier molecular flexibility index (Phi) is 10.6. The molecule has 0 unspecified atom stereocenters. The second-order valence-corrected chi connectivity index (χ2v) is 25.7. The van der Waals surface area contributed by atoms with Gasteiger partial charge in [-0.3, -0.25) is 0 Å². The van der Waals surface area contributed by atoms with Gasteiger partial charge in [-0.1, -0.05) is 186 Å². The van der Waals surface area contributed by atoms with Gasteiger partial charge in [0, 0.05) is 38.5 Å². The molecule has 6 heteroatoms. The van der Waals surface area contributed by atoms with Crippen molar-refractivity contribution in [2.75, 3.05) is 4.90 Å². The Labute approximate surface area is 453 Å². The topological polar surface area (TPSA) is 54.3 Å². The van der Waals surface area contributed by atoms with Gasteiger partial charge >= 0.3 is 0 Å². The molecule has 0 bridgehead atoms. The van der Waals surface area contributed by atoms with Gasteiger partial charge in [0.25, 0.3) is 6.71 Å². The molecule has 11 aromatic rings. The highest BCUT2D eigenvalue weighted by atomic mass is 16.5. The van der Waals surface area contributed by atoms with E-state index in [0.29, 0.717) is 5.56 Å². The van der Waals surface area contributed by atoms with Crippen LogP contribution in [0.25, 0.3) is 71.7 Å². The van der Waals surface area contributed by atoms with E-state index in [2.05, 4.69) is 250 Å². The maximum Gasteiger partial charge on any atom is 0.256 e. The summed E-state index contributed by atoms with van der Waals surface area (Å²) in [5, 5.41) is 14.5. The smallest absolute Gasteiger partial charge is 0.256 e. The van der Waals surface area contributed by atoms with Gasteiger partial charge in [-0.25, -0.2) is 0 Å². The fourth-order valence-electron chi connectivity index (χ4n) is 12.2. The van der Waals surface area contributed by atoms with Crippen LogP contribution in [0, 0.1) is 11.3 Å². The molecule has 0 saturated carbocycles. The Morgan fingerprint density at radius 3 is 1.77 bits per heavy atom. The molecule has 2 aliphatic rings. The first kappa shape index (κ1) is 48.4. The number of aromatic nitrogens is 1. The Morgan fingerprint density at radius 2 is 1.05 bits per heavy atom. The lowest BCUT2D eigenvalue weighted by Gasteiger charge is -2.42. The Morgan fingerprint density at radius 1 is 0.442 bits per heavy atom. The molecule has 2 aliphatic heterocycles. The van der Waals surface area contributed by atoms with Crippen LogP contribution in [-0.4, -0.2) is 11.3 Å². The van der Waals surface area contributed by atoms with Crippen molar-refractivity contribution in [3.8, 4) is 45.5 Å². The Bertz CT molecular complexity index is 4290. The van der Waals surface area contributed by atoms with Crippen LogP contribution in [0.5, 0.6) is 11.5 Å². The van der Waals surface area contributed by atoms with Crippen molar-refractivity contribution in [3.05, 3.63) is 198 Å². The van der Waals surface area contributed by atoms with E-state index in [0.717, 1.165) is 106 Å². The van der Waals surface area contributed by atoms with E-state index < -0.39 is 0 Å². The molecule has 5 nitrogen and oxygen atoms in total. The Balaban J connectivity index is 1.22. The number of benzene rings is 9. The highest BCUT2D eigenvalue weighted by molar-refractivity contribution is 6.99. The molecule has 0 atom stereocenters. The largest absolute Gasteiger partial charge is 0.458 e. The average molecular weight is 1000 g/mol. The van der Waals surface area contributed by atoms with Crippen LogP contribution in [0.1, 0.15) is 111 Å². The number of ether oxygens (including phenoxy) is 1. The summed E-state index contributed by atoms with van der Waals surface area (Å²) in [4.78, 5) is 2.58. The number of hydrogen-bond acceptors (Lipinski definition) is 4. The number of para-hydroxylation sites is 3. The maximum atomic E-state index is 10.3. The van der Waals surface area contributed by atoms with Gasteiger partial charge in [-0.05, 0) is 144 Å². The van der Waals surface area contributed by atoms with Crippen LogP contribution in [0.4, 0.5) is 17.1 Å². The fraction of sp³-hybridized carbons (Fsp3) is 0.225. The van der Waals surface area contributed by atoms with Crippen LogP contribution in [0.3, 0.4) is 0 Å². The third-order valence-corrected chi connectivity index (χ3v) is 16.5. The van der Waals surface area contributed by atoms with E-state index in [1.54, 1.807) is 0 Å². The normalized spacial score (nSPS) is 13.5. The molecular formula is C71H64BN3O2. The van der Waals surface area contributed by atoms with Crippen LogP contribution in [0.15, 0.2) is 174 Å². The minimum Gasteiger partial charge on any atom is -0.458 e. The molecule has 0 fully saturated rings. The van der Waals surface area contributed by atoms with Gasteiger partial charge in [0.1, 0.15) is 22.7 Å². The lowest BCUT2D eigenvalue weighted by atomic mass is 9.33. The summed E-state index contributed by atoms with van der Waals surface area (Å²) in [6.45, 7) is 27.6. The van der Waals surface area contributed by atoms with E-state index in [9.17, 15) is 5.26 Å². The standard InChI is InChI=1S/C71H64BN3O2/c1-68(2,3)45-28-31-58-54(39-45)72-55-40-46(69(4,5)6)29-32-62(55)77-64-37-44(43-34-47(70(7,8)9)38-48(35-43)71(10,11)12)36-60(66(64)72)75(58)67-51(50-21-18-26-63-65(50)52-20-14-16-25-61(52)76-63)22-17-24-59(67)74-56-23-15-13-19-49(56)53-33-42(41-73)27-30-57(53)74/h13-40H,1-12H3. The van der Waals surface area contributed by atoms with Crippen LogP contribution in [-0.2, 0) is 21.7 Å². The molecule has 378 valence electrons. The van der Waals surface area contributed by atoms with E-state index in [1.807, 2.05) is 18.2 Å². The van der Waals surface area contributed by atoms with Crippen LogP contribution in [0.2, 0.25) is 0 Å². The minimum absolute atomic E-state index is 0.0932. The van der Waals surface area contributed by atoms with Crippen molar-refractivity contribution in [3.63, 3.8) is 0 Å². The highest BCUT2D eigenvalue weighted by Gasteiger charge is 2.44. The van der Waals surface area contributed by atoms with Gasteiger partial charge in [0.05, 0.1) is 34.0 Å². The molecule has 4 heterocycles. The molecule has 0 N–H and O–H groups in total. The van der Waals surface area contributed by atoms with Gasteiger partial charge in [0.2, 0.25) is 0 Å². The van der Waals surface area contributed by atoms with E-state index in [-0.39, 0.29) is 28.4 Å². The first-order valence-corrected chi connectivity index (χ1v) is 27.2. The number of anilines is 3. The molecule has 2 aromatic heterocycles. The minimum atomic E-state index is -0.144. The molecule has 0 amide bonds. The summed E-state index contributed by atoms with van der Waals surface area (Å²) in [7, 11) is 0. The third-order valence-electron chi connectivity index (χ3n) is 16.5. The monoisotopic (exact) mass is 1000 g/mol. The molecule has 13 rings (SSSR count). The quantitative estimate of drug-likeness (QED) is 0.165. The summed E-state index contributed by atoms with van der Waals surface area (Å²) in [5.41, 5.74) is 21.2. The van der Waals surface area contributed by atoms with Crippen LogP contribution < -0.4 is 26.0 Å².